The monoisotopic (exact) mass is 348 g/mol. The molecule has 2 amide bonds. The van der Waals surface area contributed by atoms with Crippen LogP contribution < -0.4 is 15.5 Å². The van der Waals surface area contributed by atoms with E-state index in [0.717, 1.165) is 23.4 Å². The summed E-state index contributed by atoms with van der Waals surface area (Å²) in [6, 6.07) is 7.51. The second-order valence-electron chi connectivity index (χ2n) is 5.64. The highest BCUT2D eigenvalue weighted by Gasteiger charge is 2.24. The molecule has 1 aromatic heterocycles. The molecule has 0 aliphatic carbocycles. The summed E-state index contributed by atoms with van der Waals surface area (Å²) in [6.45, 7) is 7.89. The molecule has 0 fully saturated rings. The summed E-state index contributed by atoms with van der Waals surface area (Å²) < 4.78 is 0. The summed E-state index contributed by atoms with van der Waals surface area (Å²) in [5, 5.41) is 5.86. The third-order valence-corrected chi connectivity index (χ3v) is 4.05. The van der Waals surface area contributed by atoms with Crippen molar-refractivity contribution in [3.8, 4) is 0 Å². The lowest BCUT2D eigenvalue weighted by atomic mass is 10.1. The van der Waals surface area contributed by atoms with Gasteiger partial charge in [0.15, 0.2) is 0 Å². The van der Waals surface area contributed by atoms with E-state index in [0.29, 0.717) is 23.9 Å². The Labute approximate surface area is 152 Å². The molecule has 1 aromatic carbocycles. The van der Waals surface area contributed by atoms with Crippen LogP contribution in [0.2, 0.25) is 0 Å². The van der Waals surface area contributed by atoms with Crippen molar-refractivity contribution < 1.29 is 4.79 Å². The third-order valence-electron chi connectivity index (χ3n) is 4.05. The standard InChI is InChI=1S/C19H20N6O/c1-4-5-15(20-2)16-8-10-22-18(24-16)23-14-6-7-17-13(12-14)9-11-25(17)19(26)21-3/h4-8,10,12H,1-2,9,11H2,3H3,(H,21,26)(H,22,23,24)/b15-5-. The topological polar surface area (TPSA) is 82.5 Å². The van der Waals surface area contributed by atoms with Gasteiger partial charge in [-0.2, -0.15) is 0 Å². The Kier molecular flexibility index (Phi) is 5.07. The number of hydrogen-bond acceptors (Lipinski definition) is 5. The lowest BCUT2D eigenvalue weighted by Crippen LogP contribution is -2.36. The van der Waals surface area contributed by atoms with Gasteiger partial charge in [0.2, 0.25) is 5.95 Å². The first kappa shape index (κ1) is 17.3. The number of nitrogens with zero attached hydrogens (tertiary/aromatic N) is 4. The van der Waals surface area contributed by atoms with Crippen molar-refractivity contribution >= 4 is 35.8 Å². The van der Waals surface area contributed by atoms with Crippen LogP contribution >= 0.6 is 0 Å². The number of rotatable bonds is 5. The van der Waals surface area contributed by atoms with Crippen LogP contribution in [0.4, 0.5) is 22.1 Å². The van der Waals surface area contributed by atoms with Gasteiger partial charge in [-0.05, 0) is 49.0 Å². The van der Waals surface area contributed by atoms with Crippen LogP contribution in [-0.2, 0) is 6.42 Å². The second-order valence-corrected chi connectivity index (χ2v) is 5.64. The molecule has 1 aliphatic heterocycles. The Morgan fingerprint density at radius 2 is 2.23 bits per heavy atom. The molecule has 26 heavy (non-hydrogen) atoms. The Balaban J connectivity index is 1.83. The number of hydrogen-bond donors (Lipinski definition) is 2. The van der Waals surface area contributed by atoms with Gasteiger partial charge in [0, 0.05) is 31.2 Å². The molecule has 7 heteroatoms. The normalized spacial score (nSPS) is 13.1. The first-order valence-electron chi connectivity index (χ1n) is 8.18. The van der Waals surface area contributed by atoms with Crippen molar-refractivity contribution in [1.82, 2.24) is 15.3 Å². The van der Waals surface area contributed by atoms with Crippen LogP contribution in [0, 0.1) is 0 Å². The highest BCUT2D eigenvalue weighted by atomic mass is 16.2. The molecular formula is C19H20N6O. The highest BCUT2D eigenvalue weighted by Crippen LogP contribution is 2.31. The lowest BCUT2D eigenvalue weighted by molar-refractivity contribution is 0.248. The van der Waals surface area contributed by atoms with Crippen molar-refractivity contribution in [2.75, 3.05) is 23.8 Å². The van der Waals surface area contributed by atoms with Gasteiger partial charge in [-0.15, -0.1) is 0 Å². The summed E-state index contributed by atoms with van der Waals surface area (Å²) >= 11 is 0. The van der Waals surface area contributed by atoms with Gasteiger partial charge >= 0.3 is 6.03 Å². The second kappa shape index (κ2) is 7.60. The molecule has 0 saturated heterocycles. The molecule has 0 spiro atoms. The molecule has 2 aromatic rings. The van der Waals surface area contributed by atoms with Crippen molar-refractivity contribution in [2.45, 2.75) is 6.42 Å². The molecule has 1 aliphatic rings. The van der Waals surface area contributed by atoms with Crippen LogP contribution in [-0.4, -0.2) is 36.3 Å². The van der Waals surface area contributed by atoms with E-state index in [2.05, 4.69) is 38.9 Å². The van der Waals surface area contributed by atoms with Crippen molar-refractivity contribution in [3.05, 3.63) is 60.5 Å². The van der Waals surface area contributed by atoms with E-state index < -0.39 is 0 Å². The zero-order chi connectivity index (χ0) is 18.5. The van der Waals surface area contributed by atoms with Gasteiger partial charge in [0.05, 0.1) is 11.4 Å². The minimum Gasteiger partial charge on any atom is -0.341 e. The van der Waals surface area contributed by atoms with Gasteiger partial charge in [0.25, 0.3) is 0 Å². The number of carbonyl (C=O) groups excluding carboxylic acids is 1. The number of benzene rings is 1. The fourth-order valence-corrected chi connectivity index (χ4v) is 2.85. The van der Waals surface area contributed by atoms with E-state index in [1.54, 1.807) is 36.4 Å². The van der Waals surface area contributed by atoms with Crippen LogP contribution in [0.15, 0.2) is 54.2 Å². The van der Waals surface area contributed by atoms with E-state index in [-0.39, 0.29) is 6.03 Å². The first-order chi connectivity index (χ1) is 12.7. The number of anilines is 3. The Morgan fingerprint density at radius 1 is 1.38 bits per heavy atom. The highest BCUT2D eigenvalue weighted by molar-refractivity contribution is 5.94. The molecule has 2 N–H and O–H groups in total. The van der Waals surface area contributed by atoms with E-state index in [1.807, 2.05) is 18.2 Å². The van der Waals surface area contributed by atoms with E-state index in [4.69, 9.17) is 0 Å². The number of aromatic nitrogens is 2. The predicted octanol–water partition coefficient (Wildman–Crippen LogP) is 3.15. The largest absolute Gasteiger partial charge is 0.341 e. The van der Waals surface area contributed by atoms with Crippen molar-refractivity contribution in [2.24, 2.45) is 4.99 Å². The smallest absolute Gasteiger partial charge is 0.321 e. The van der Waals surface area contributed by atoms with E-state index in [1.165, 1.54) is 0 Å². The first-order valence-corrected chi connectivity index (χ1v) is 8.18. The number of fused-ring (bicyclic) bond motifs is 1. The van der Waals surface area contributed by atoms with Gasteiger partial charge in [-0.3, -0.25) is 9.89 Å². The van der Waals surface area contributed by atoms with Gasteiger partial charge in [0.1, 0.15) is 0 Å². The maximum Gasteiger partial charge on any atom is 0.321 e. The minimum absolute atomic E-state index is 0.0982. The molecular weight excluding hydrogens is 328 g/mol. The fourth-order valence-electron chi connectivity index (χ4n) is 2.85. The molecule has 0 radical (unpaired) electrons. The Hall–Kier alpha value is -3.48. The van der Waals surface area contributed by atoms with E-state index >= 15 is 0 Å². The summed E-state index contributed by atoms with van der Waals surface area (Å²) in [4.78, 5) is 26.3. The summed E-state index contributed by atoms with van der Waals surface area (Å²) in [5.41, 5.74) is 4.18. The molecule has 3 rings (SSSR count). The average molecular weight is 348 g/mol. The summed E-state index contributed by atoms with van der Waals surface area (Å²) in [5.74, 6) is 0.460. The number of aliphatic imine (C=N–C) groups is 1. The predicted molar refractivity (Wildman–Crippen MR) is 105 cm³/mol. The van der Waals surface area contributed by atoms with Crippen molar-refractivity contribution in [1.29, 1.82) is 0 Å². The molecule has 0 saturated carbocycles. The minimum atomic E-state index is -0.0982. The average Bonchev–Trinajstić information content (AvgIpc) is 3.09. The number of carbonyl (C=O) groups is 1. The Morgan fingerprint density at radius 3 is 2.96 bits per heavy atom. The lowest BCUT2D eigenvalue weighted by Gasteiger charge is -2.16. The number of urea groups is 1. The van der Waals surface area contributed by atoms with Crippen LogP contribution in [0.5, 0.6) is 0 Å². The zero-order valence-electron chi connectivity index (χ0n) is 14.6. The maximum atomic E-state index is 11.9. The van der Waals surface area contributed by atoms with Crippen LogP contribution in [0.25, 0.3) is 5.70 Å². The maximum absolute atomic E-state index is 11.9. The van der Waals surface area contributed by atoms with Crippen LogP contribution in [0.3, 0.4) is 0 Å². The molecule has 0 unspecified atom stereocenters. The van der Waals surface area contributed by atoms with Crippen LogP contribution in [0.1, 0.15) is 11.3 Å². The number of allylic oxidation sites excluding steroid dienone is 2. The Bertz CT molecular complexity index is 889. The molecule has 132 valence electrons. The zero-order valence-corrected chi connectivity index (χ0v) is 14.6. The summed E-state index contributed by atoms with van der Waals surface area (Å²) in [7, 11) is 1.63. The fraction of sp³-hybridized carbons (Fsp3) is 0.158. The van der Waals surface area contributed by atoms with Gasteiger partial charge in [-0.25, -0.2) is 14.8 Å². The van der Waals surface area contributed by atoms with E-state index in [9.17, 15) is 4.79 Å². The molecule has 2 heterocycles. The van der Waals surface area contributed by atoms with Gasteiger partial charge < -0.3 is 10.6 Å². The third kappa shape index (κ3) is 3.46. The number of amides is 2. The van der Waals surface area contributed by atoms with Crippen molar-refractivity contribution in [3.63, 3.8) is 0 Å². The SMILES string of the molecule is C=C/C=C(\N=C)c1ccnc(Nc2ccc3c(c2)CCN3C(=O)NC)n1. The molecule has 7 nitrogen and oxygen atoms in total. The quantitative estimate of drug-likeness (QED) is 0.642. The number of nitrogens with one attached hydrogen (secondary N) is 2. The van der Waals surface area contributed by atoms with Gasteiger partial charge in [-0.1, -0.05) is 12.7 Å². The molecule has 0 atom stereocenters. The molecule has 0 bridgehead atoms. The summed E-state index contributed by atoms with van der Waals surface area (Å²) in [6.07, 6.45) is 5.85.